The molecule has 2 aromatic rings. The molecule has 2 rings (SSSR count). The summed E-state index contributed by atoms with van der Waals surface area (Å²) in [4.78, 5) is 8.73. The third kappa shape index (κ3) is 3.54. The molecule has 4 nitrogen and oxygen atoms in total. The van der Waals surface area contributed by atoms with E-state index in [4.69, 9.17) is 4.74 Å². The SMILES string of the molecule is CCNC(c1ncccn1)c1ccccc1OC(C)C. The lowest BCUT2D eigenvalue weighted by molar-refractivity contribution is 0.238. The van der Waals surface area contributed by atoms with Gasteiger partial charge in [0.05, 0.1) is 12.1 Å². The normalized spacial score (nSPS) is 12.4. The highest BCUT2D eigenvalue weighted by atomic mass is 16.5. The number of hydrogen-bond acceptors (Lipinski definition) is 4. The molecule has 0 saturated heterocycles. The van der Waals surface area contributed by atoms with Crippen LogP contribution in [0.3, 0.4) is 0 Å². The molecule has 0 aliphatic carbocycles. The smallest absolute Gasteiger partial charge is 0.149 e. The van der Waals surface area contributed by atoms with Gasteiger partial charge in [-0.2, -0.15) is 0 Å². The van der Waals surface area contributed by atoms with E-state index in [1.165, 1.54) is 0 Å². The Morgan fingerprint density at radius 1 is 1.10 bits per heavy atom. The Balaban J connectivity index is 2.39. The summed E-state index contributed by atoms with van der Waals surface area (Å²) in [7, 11) is 0. The van der Waals surface area contributed by atoms with E-state index in [9.17, 15) is 0 Å². The summed E-state index contributed by atoms with van der Waals surface area (Å²) in [5.74, 6) is 1.63. The lowest BCUT2D eigenvalue weighted by Gasteiger charge is -2.21. The van der Waals surface area contributed by atoms with Crippen molar-refractivity contribution in [2.75, 3.05) is 6.54 Å². The molecular weight excluding hydrogens is 250 g/mol. The number of rotatable bonds is 6. The molecule has 0 spiro atoms. The highest BCUT2D eigenvalue weighted by molar-refractivity contribution is 5.39. The summed E-state index contributed by atoms with van der Waals surface area (Å²) in [6, 6.07) is 9.80. The molecule has 0 radical (unpaired) electrons. The van der Waals surface area contributed by atoms with Crippen LogP contribution in [-0.4, -0.2) is 22.6 Å². The van der Waals surface area contributed by atoms with Gasteiger partial charge in [0.1, 0.15) is 11.6 Å². The third-order valence-corrected chi connectivity index (χ3v) is 2.84. The van der Waals surface area contributed by atoms with Crippen molar-refractivity contribution < 1.29 is 4.74 Å². The molecule has 1 aromatic heterocycles. The van der Waals surface area contributed by atoms with Crippen LogP contribution in [0, 0.1) is 0 Å². The fourth-order valence-electron chi connectivity index (χ4n) is 2.08. The Morgan fingerprint density at radius 3 is 2.45 bits per heavy atom. The number of nitrogens with one attached hydrogen (secondary N) is 1. The summed E-state index contributed by atoms with van der Waals surface area (Å²) in [5, 5.41) is 3.42. The quantitative estimate of drug-likeness (QED) is 0.877. The lowest BCUT2D eigenvalue weighted by atomic mass is 10.0. The molecule has 1 unspecified atom stereocenters. The monoisotopic (exact) mass is 271 g/mol. The molecule has 20 heavy (non-hydrogen) atoms. The average Bonchev–Trinajstić information content (AvgIpc) is 2.46. The second-order valence-electron chi connectivity index (χ2n) is 4.80. The van der Waals surface area contributed by atoms with Gasteiger partial charge in [-0.1, -0.05) is 25.1 Å². The van der Waals surface area contributed by atoms with Crippen LogP contribution in [-0.2, 0) is 0 Å². The van der Waals surface area contributed by atoms with Crippen molar-refractivity contribution in [3.63, 3.8) is 0 Å². The molecule has 106 valence electrons. The van der Waals surface area contributed by atoms with E-state index in [-0.39, 0.29) is 12.1 Å². The molecule has 0 saturated carbocycles. The first-order valence-corrected chi connectivity index (χ1v) is 6.98. The molecule has 0 amide bonds. The Morgan fingerprint density at radius 2 is 1.80 bits per heavy atom. The minimum Gasteiger partial charge on any atom is -0.491 e. The van der Waals surface area contributed by atoms with E-state index in [1.807, 2.05) is 38.1 Å². The first-order chi connectivity index (χ1) is 9.72. The summed E-state index contributed by atoms with van der Waals surface area (Å²) in [6.07, 6.45) is 3.66. The molecule has 0 fully saturated rings. The molecule has 4 heteroatoms. The van der Waals surface area contributed by atoms with Crippen molar-refractivity contribution in [1.29, 1.82) is 0 Å². The van der Waals surface area contributed by atoms with Crippen molar-refractivity contribution in [3.05, 3.63) is 54.1 Å². The molecule has 1 heterocycles. The van der Waals surface area contributed by atoms with Gasteiger partial charge >= 0.3 is 0 Å². The summed E-state index contributed by atoms with van der Waals surface area (Å²) in [6.45, 7) is 6.96. The van der Waals surface area contributed by atoms with E-state index in [1.54, 1.807) is 12.4 Å². The second kappa shape index (κ2) is 7.01. The summed E-state index contributed by atoms with van der Waals surface area (Å²) >= 11 is 0. The minimum atomic E-state index is -0.0591. The largest absolute Gasteiger partial charge is 0.491 e. The fourth-order valence-corrected chi connectivity index (χ4v) is 2.08. The van der Waals surface area contributed by atoms with Crippen LogP contribution in [0.4, 0.5) is 0 Å². The Kier molecular flexibility index (Phi) is 5.07. The highest BCUT2D eigenvalue weighted by Crippen LogP contribution is 2.28. The molecule has 0 aliphatic heterocycles. The molecule has 0 aliphatic rings. The van der Waals surface area contributed by atoms with Gasteiger partial charge in [0.15, 0.2) is 0 Å². The van der Waals surface area contributed by atoms with Gasteiger partial charge in [-0.25, -0.2) is 9.97 Å². The number of nitrogens with zero attached hydrogens (tertiary/aromatic N) is 2. The summed E-state index contributed by atoms with van der Waals surface area (Å²) in [5.41, 5.74) is 1.06. The van der Waals surface area contributed by atoms with Crippen LogP contribution in [0.2, 0.25) is 0 Å². The van der Waals surface area contributed by atoms with Gasteiger partial charge in [0, 0.05) is 18.0 Å². The molecule has 1 aromatic carbocycles. The fraction of sp³-hybridized carbons (Fsp3) is 0.375. The zero-order valence-electron chi connectivity index (χ0n) is 12.2. The van der Waals surface area contributed by atoms with Crippen LogP contribution in [0.25, 0.3) is 0 Å². The molecule has 0 bridgehead atoms. The van der Waals surface area contributed by atoms with Crippen molar-refractivity contribution in [2.24, 2.45) is 0 Å². The van der Waals surface area contributed by atoms with E-state index in [2.05, 4.69) is 28.3 Å². The first kappa shape index (κ1) is 14.5. The molecular formula is C16H21N3O. The van der Waals surface area contributed by atoms with Gasteiger partial charge in [-0.3, -0.25) is 0 Å². The number of para-hydroxylation sites is 1. The first-order valence-electron chi connectivity index (χ1n) is 6.98. The van der Waals surface area contributed by atoms with Crippen molar-refractivity contribution in [3.8, 4) is 5.75 Å². The van der Waals surface area contributed by atoms with E-state index < -0.39 is 0 Å². The van der Waals surface area contributed by atoms with Crippen LogP contribution in [0.15, 0.2) is 42.7 Å². The Labute approximate surface area is 120 Å². The van der Waals surface area contributed by atoms with E-state index in [0.717, 1.165) is 23.7 Å². The Hall–Kier alpha value is -1.94. The molecule has 1 N–H and O–H groups in total. The molecule has 1 atom stereocenters. The number of ether oxygens (including phenoxy) is 1. The van der Waals surface area contributed by atoms with Crippen LogP contribution in [0.5, 0.6) is 5.75 Å². The predicted molar refractivity (Wildman–Crippen MR) is 79.8 cm³/mol. The van der Waals surface area contributed by atoms with Crippen LogP contribution >= 0.6 is 0 Å². The third-order valence-electron chi connectivity index (χ3n) is 2.84. The van der Waals surface area contributed by atoms with Crippen LogP contribution < -0.4 is 10.1 Å². The van der Waals surface area contributed by atoms with Gasteiger partial charge in [0.25, 0.3) is 0 Å². The Bertz CT molecular complexity index is 528. The second-order valence-corrected chi connectivity index (χ2v) is 4.80. The summed E-state index contributed by atoms with van der Waals surface area (Å²) < 4.78 is 5.90. The van der Waals surface area contributed by atoms with Gasteiger partial charge in [-0.05, 0) is 32.5 Å². The van der Waals surface area contributed by atoms with E-state index >= 15 is 0 Å². The maximum Gasteiger partial charge on any atom is 0.149 e. The van der Waals surface area contributed by atoms with Crippen molar-refractivity contribution in [1.82, 2.24) is 15.3 Å². The lowest BCUT2D eigenvalue weighted by Crippen LogP contribution is -2.25. The average molecular weight is 271 g/mol. The highest BCUT2D eigenvalue weighted by Gasteiger charge is 2.19. The number of aromatic nitrogens is 2. The maximum atomic E-state index is 5.90. The number of benzene rings is 1. The maximum absolute atomic E-state index is 5.90. The zero-order chi connectivity index (χ0) is 14.4. The van der Waals surface area contributed by atoms with Gasteiger partial charge < -0.3 is 10.1 Å². The van der Waals surface area contributed by atoms with Crippen molar-refractivity contribution in [2.45, 2.75) is 32.9 Å². The number of hydrogen-bond donors (Lipinski definition) is 1. The minimum absolute atomic E-state index is 0.0591. The zero-order valence-corrected chi connectivity index (χ0v) is 12.2. The van der Waals surface area contributed by atoms with Crippen molar-refractivity contribution >= 4 is 0 Å². The predicted octanol–water partition coefficient (Wildman–Crippen LogP) is 2.96. The van der Waals surface area contributed by atoms with Gasteiger partial charge in [0.2, 0.25) is 0 Å². The standard InChI is InChI=1S/C16H21N3O/c1-4-17-15(16-18-10-7-11-19-16)13-8-5-6-9-14(13)20-12(2)3/h5-12,15,17H,4H2,1-3H3. The topological polar surface area (TPSA) is 47.0 Å². The van der Waals surface area contributed by atoms with Crippen LogP contribution in [0.1, 0.15) is 38.2 Å². The van der Waals surface area contributed by atoms with E-state index in [0.29, 0.717) is 0 Å². The van der Waals surface area contributed by atoms with Gasteiger partial charge in [-0.15, -0.1) is 0 Å².